The summed E-state index contributed by atoms with van der Waals surface area (Å²) in [5, 5.41) is 0.295. The van der Waals surface area contributed by atoms with Crippen molar-refractivity contribution in [1.29, 1.82) is 0 Å². The summed E-state index contributed by atoms with van der Waals surface area (Å²) in [5.41, 5.74) is 2.11. The van der Waals surface area contributed by atoms with Crippen molar-refractivity contribution < 1.29 is 18.3 Å². The van der Waals surface area contributed by atoms with E-state index >= 15 is 0 Å². The summed E-state index contributed by atoms with van der Waals surface area (Å²) in [4.78, 5) is 11.1. The Hall–Kier alpha value is -2.97. The van der Waals surface area contributed by atoms with Crippen molar-refractivity contribution in [1.82, 2.24) is 15.0 Å². The minimum absolute atomic E-state index is 0.0620. The van der Waals surface area contributed by atoms with E-state index in [-0.39, 0.29) is 12.4 Å². The van der Waals surface area contributed by atoms with Crippen molar-refractivity contribution in [2.24, 2.45) is 0 Å². The molecule has 0 aliphatic rings. The zero-order valence-electron chi connectivity index (χ0n) is 16.1. The van der Waals surface area contributed by atoms with Crippen LogP contribution >= 0.6 is 27.5 Å². The van der Waals surface area contributed by atoms with Crippen LogP contribution in [-0.2, 0) is 6.61 Å². The number of imidazole rings is 1. The molecule has 0 fully saturated rings. The quantitative estimate of drug-likeness (QED) is 0.307. The van der Waals surface area contributed by atoms with E-state index in [0.717, 1.165) is 0 Å². The molecule has 158 valence electrons. The highest BCUT2D eigenvalue weighted by molar-refractivity contribution is 9.10. The van der Waals surface area contributed by atoms with E-state index in [1.54, 1.807) is 36.4 Å². The Morgan fingerprint density at radius 2 is 1.94 bits per heavy atom. The highest BCUT2D eigenvalue weighted by Crippen LogP contribution is 2.37. The third kappa shape index (κ3) is 4.70. The van der Waals surface area contributed by atoms with Gasteiger partial charge in [0.1, 0.15) is 40.6 Å². The zero-order valence-corrected chi connectivity index (χ0v) is 18.5. The minimum atomic E-state index is -0.582. The van der Waals surface area contributed by atoms with Gasteiger partial charge in [-0.05, 0) is 36.4 Å². The van der Waals surface area contributed by atoms with E-state index in [0.29, 0.717) is 49.3 Å². The maximum Gasteiger partial charge on any atom is 0.212 e. The smallest absolute Gasteiger partial charge is 0.212 e. The number of rotatable bonds is 6. The van der Waals surface area contributed by atoms with Crippen molar-refractivity contribution in [3.05, 3.63) is 81.7 Å². The van der Waals surface area contributed by atoms with Gasteiger partial charge in [-0.1, -0.05) is 33.6 Å². The lowest BCUT2D eigenvalue weighted by molar-refractivity contribution is 0.297. The van der Waals surface area contributed by atoms with Gasteiger partial charge in [0.25, 0.3) is 0 Å². The van der Waals surface area contributed by atoms with Crippen LogP contribution in [0.1, 0.15) is 5.56 Å². The van der Waals surface area contributed by atoms with Gasteiger partial charge >= 0.3 is 0 Å². The van der Waals surface area contributed by atoms with E-state index in [4.69, 9.17) is 21.1 Å². The van der Waals surface area contributed by atoms with Crippen molar-refractivity contribution in [3.8, 4) is 34.1 Å². The second-order valence-corrected chi connectivity index (χ2v) is 7.80. The molecule has 0 radical (unpaired) electrons. The fourth-order valence-corrected chi connectivity index (χ4v) is 3.51. The SMILES string of the molecule is COc1cc(OCc2ccc(Br)cc2F)ccc1-c1nc(-c2ccc(F)nc2)[nH]c1Cl. The Morgan fingerprint density at radius 1 is 1.10 bits per heavy atom. The lowest BCUT2D eigenvalue weighted by Crippen LogP contribution is -1.99. The fourth-order valence-electron chi connectivity index (χ4n) is 2.94. The minimum Gasteiger partial charge on any atom is -0.496 e. The molecule has 0 aliphatic carbocycles. The highest BCUT2D eigenvalue weighted by Gasteiger charge is 2.17. The molecule has 2 aromatic carbocycles. The van der Waals surface area contributed by atoms with Crippen LogP contribution in [-0.4, -0.2) is 22.1 Å². The molecule has 9 heteroatoms. The van der Waals surface area contributed by atoms with E-state index in [9.17, 15) is 8.78 Å². The second kappa shape index (κ2) is 9.03. The van der Waals surface area contributed by atoms with Gasteiger partial charge in [-0.2, -0.15) is 4.39 Å². The van der Waals surface area contributed by atoms with Gasteiger partial charge in [-0.25, -0.2) is 14.4 Å². The largest absolute Gasteiger partial charge is 0.496 e. The van der Waals surface area contributed by atoms with Gasteiger partial charge in [-0.15, -0.1) is 0 Å². The lowest BCUT2D eigenvalue weighted by Gasteiger charge is -2.11. The van der Waals surface area contributed by atoms with Gasteiger partial charge in [0.15, 0.2) is 0 Å². The molecule has 2 heterocycles. The van der Waals surface area contributed by atoms with Crippen LogP contribution in [0.4, 0.5) is 8.78 Å². The summed E-state index contributed by atoms with van der Waals surface area (Å²) in [6.45, 7) is 0.0620. The van der Waals surface area contributed by atoms with Gasteiger partial charge in [0.05, 0.1) is 7.11 Å². The molecule has 0 atom stereocenters. The first-order valence-corrected chi connectivity index (χ1v) is 10.2. The number of ether oxygens (including phenoxy) is 2. The molecule has 0 saturated heterocycles. The maximum absolute atomic E-state index is 14.0. The number of H-pyrrole nitrogens is 1. The van der Waals surface area contributed by atoms with Crippen molar-refractivity contribution >= 4 is 27.5 Å². The van der Waals surface area contributed by atoms with Gasteiger partial charge in [0.2, 0.25) is 5.95 Å². The van der Waals surface area contributed by atoms with Crippen molar-refractivity contribution in [2.45, 2.75) is 6.61 Å². The Bertz CT molecular complexity index is 1230. The Balaban J connectivity index is 1.59. The lowest BCUT2D eigenvalue weighted by atomic mass is 10.1. The number of aromatic nitrogens is 3. The summed E-state index contributed by atoms with van der Waals surface area (Å²) < 4.78 is 39.0. The van der Waals surface area contributed by atoms with Crippen LogP contribution in [0.5, 0.6) is 11.5 Å². The average Bonchev–Trinajstić information content (AvgIpc) is 3.14. The molecule has 5 nitrogen and oxygen atoms in total. The van der Waals surface area contributed by atoms with Crippen LogP contribution in [0.25, 0.3) is 22.6 Å². The highest BCUT2D eigenvalue weighted by atomic mass is 79.9. The number of benzene rings is 2. The van der Waals surface area contributed by atoms with Crippen LogP contribution in [0, 0.1) is 11.8 Å². The summed E-state index contributed by atoms with van der Waals surface area (Å²) in [6, 6.07) is 12.7. The number of pyridine rings is 1. The maximum atomic E-state index is 14.0. The molecule has 4 aromatic rings. The number of methoxy groups -OCH3 is 1. The molecule has 31 heavy (non-hydrogen) atoms. The molecule has 0 amide bonds. The molecule has 4 rings (SSSR count). The number of hydrogen-bond donors (Lipinski definition) is 1. The molecule has 0 unspecified atom stereocenters. The molecule has 2 aromatic heterocycles. The van der Waals surface area contributed by atoms with Gasteiger partial charge in [-0.3, -0.25) is 0 Å². The molecule has 0 aliphatic heterocycles. The zero-order chi connectivity index (χ0) is 22.0. The average molecular weight is 507 g/mol. The third-order valence-electron chi connectivity index (χ3n) is 4.50. The van der Waals surface area contributed by atoms with E-state index < -0.39 is 5.95 Å². The number of nitrogens with one attached hydrogen (secondary N) is 1. The summed E-state index contributed by atoms with van der Waals surface area (Å²) in [5.74, 6) is 0.482. The Morgan fingerprint density at radius 3 is 2.65 bits per heavy atom. The fraction of sp³-hybridized carbons (Fsp3) is 0.0909. The standard InChI is InChI=1S/C22H15BrClF2N3O2/c1-30-18-9-15(31-11-13-2-4-14(23)8-17(13)25)5-6-16(18)20-21(24)29-22(28-20)12-3-7-19(26)27-10-12/h2-10H,11H2,1H3,(H,28,29). The third-order valence-corrected chi connectivity index (χ3v) is 5.26. The molecular weight excluding hydrogens is 492 g/mol. The van der Waals surface area contributed by atoms with E-state index in [2.05, 4.69) is 30.9 Å². The van der Waals surface area contributed by atoms with E-state index in [1.807, 2.05) is 0 Å². The van der Waals surface area contributed by atoms with Gasteiger partial charge < -0.3 is 14.5 Å². The first-order chi connectivity index (χ1) is 14.9. The summed E-state index contributed by atoms with van der Waals surface area (Å²) >= 11 is 9.59. The predicted octanol–water partition coefficient (Wildman–Crippen LogP) is 6.42. The summed E-state index contributed by atoms with van der Waals surface area (Å²) in [7, 11) is 1.52. The van der Waals surface area contributed by atoms with Gasteiger partial charge in [0, 0.05) is 33.4 Å². The number of nitrogens with zero attached hydrogens (tertiary/aromatic N) is 2. The van der Waals surface area contributed by atoms with Crippen LogP contribution in [0.15, 0.2) is 59.2 Å². The molecule has 1 N–H and O–H groups in total. The monoisotopic (exact) mass is 505 g/mol. The molecule has 0 saturated carbocycles. The van der Waals surface area contributed by atoms with Crippen molar-refractivity contribution in [2.75, 3.05) is 7.11 Å². The number of hydrogen-bond acceptors (Lipinski definition) is 4. The molecule has 0 spiro atoms. The number of aromatic amines is 1. The first kappa shape index (κ1) is 21.3. The first-order valence-electron chi connectivity index (χ1n) is 9.07. The Labute approximate surface area is 190 Å². The van der Waals surface area contributed by atoms with E-state index in [1.165, 1.54) is 25.4 Å². The number of halogens is 4. The molecule has 0 bridgehead atoms. The topological polar surface area (TPSA) is 60.0 Å². The molecular formula is C22H15BrClF2N3O2. The van der Waals surface area contributed by atoms with Crippen LogP contribution < -0.4 is 9.47 Å². The van der Waals surface area contributed by atoms with Crippen LogP contribution in [0.2, 0.25) is 5.15 Å². The van der Waals surface area contributed by atoms with Crippen molar-refractivity contribution in [3.63, 3.8) is 0 Å². The van der Waals surface area contributed by atoms with Crippen LogP contribution in [0.3, 0.4) is 0 Å². The second-order valence-electron chi connectivity index (χ2n) is 6.50. The Kier molecular flexibility index (Phi) is 6.20. The normalized spacial score (nSPS) is 10.9. The summed E-state index contributed by atoms with van der Waals surface area (Å²) in [6.07, 6.45) is 1.36. The predicted molar refractivity (Wildman–Crippen MR) is 117 cm³/mol.